The number of carbonyl (C=O) groups excluding carboxylic acids is 2. The molecule has 2 aromatic carbocycles. The highest BCUT2D eigenvalue weighted by Gasteiger charge is 2.31. The Bertz CT molecular complexity index is 1050. The van der Waals surface area contributed by atoms with E-state index >= 15 is 0 Å². The standard InChI is InChI=1S/C21H17ClN2O4S2/c22-16-8-2-1-7-15(16)19(27)23-14-6-3-5-13(11-14)12-17-20(28)24(21(29)30-17)10-4-9-18(25)26/h1-3,5-8,11-12H,4,9-10H2,(H,23,27)(H,25,26)/b17-12+. The quantitative estimate of drug-likeness (QED) is 0.461. The number of nitrogens with zero attached hydrogens (tertiary/aromatic N) is 1. The van der Waals surface area contributed by atoms with Crippen molar-refractivity contribution in [1.29, 1.82) is 0 Å². The number of carboxylic acids is 1. The van der Waals surface area contributed by atoms with Gasteiger partial charge in [0.25, 0.3) is 11.8 Å². The van der Waals surface area contributed by atoms with Crippen molar-refractivity contribution in [3.8, 4) is 0 Å². The minimum absolute atomic E-state index is 0.0245. The Kier molecular flexibility index (Phi) is 7.25. The number of nitrogens with one attached hydrogen (secondary N) is 1. The van der Waals surface area contributed by atoms with E-state index in [2.05, 4.69) is 5.32 Å². The third-order valence-corrected chi connectivity index (χ3v) is 5.91. The lowest BCUT2D eigenvalue weighted by Gasteiger charge is -2.13. The van der Waals surface area contributed by atoms with Crippen LogP contribution in [0.25, 0.3) is 6.08 Å². The third kappa shape index (κ3) is 5.47. The normalized spacial score (nSPS) is 15.0. The van der Waals surface area contributed by atoms with Gasteiger partial charge in [0.05, 0.1) is 15.5 Å². The molecule has 1 aliphatic heterocycles. The van der Waals surface area contributed by atoms with Crippen molar-refractivity contribution in [3.05, 3.63) is 69.6 Å². The first-order valence-electron chi connectivity index (χ1n) is 8.98. The average molecular weight is 461 g/mol. The molecule has 1 aliphatic rings. The second-order valence-electron chi connectivity index (χ2n) is 6.39. The Labute approximate surface area is 187 Å². The highest BCUT2D eigenvalue weighted by molar-refractivity contribution is 8.26. The minimum atomic E-state index is -0.911. The van der Waals surface area contributed by atoms with E-state index in [9.17, 15) is 14.4 Å². The lowest BCUT2D eigenvalue weighted by molar-refractivity contribution is -0.137. The van der Waals surface area contributed by atoms with E-state index in [-0.39, 0.29) is 24.8 Å². The fourth-order valence-corrected chi connectivity index (χ4v) is 4.31. The summed E-state index contributed by atoms with van der Waals surface area (Å²) in [6, 6.07) is 13.8. The summed E-state index contributed by atoms with van der Waals surface area (Å²) in [7, 11) is 0. The largest absolute Gasteiger partial charge is 0.481 e. The van der Waals surface area contributed by atoms with Gasteiger partial charge in [-0.05, 0) is 42.3 Å². The maximum absolute atomic E-state index is 12.6. The van der Waals surface area contributed by atoms with Crippen LogP contribution in [0.1, 0.15) is 28.8 Å². The molecule has 0 spiro atoms. The van der Waals surface area contributed by atoms with Crippen molar-refractivity contribution >= 4 is 69.4 Å². The van der Waals surface area contributed by atoms with E-state index < -0.39 is 5.97 Å². The fraction of sp³-hybridized carbons (Fsp3) is 0.143. The number of rotatable bonds is 7. The lowest BCUT2D eigenvalue weighted by Crippen LogP contribution is -2.29. The van der Waals surface area contributed by atoms with Gasteiger partial charge in [0.2, 0.25) is 0 Å². The molecule has 1 saturated heterocycles. The molecule has 2 N–H and O–H groups in total. The topological polar surface area (TPSA) is 86.7 Å². The Morgan fingerprint density at radius 1 is 1.20 bits per heavy atom. The molecule has 1 fully saturated rings. The van der Waals surface area contributed by atoms with Gasteiger partial charge in [0.15, 0.2) is 0 Å². The van der Waals surface area contributed by atoms with Crippen LogP contribution in [0.15, 0.2) is 53.4 Å². The van der Waals surface area contributed by atoms with Crippen molar-refractivity contribution in [2.24, 2.45) is 0 Å². The van der Waals surface area contributed by atoms with Gasteiger partial charge in [-0.15, -0.1) is 0 Å². The maximum Gasteiger partial charge on any atom is 0.303 e. The number of hydrogen-bond acceptors (Lipinski definition) is 5. The number of halogens is 1. The van der Waals surface area contributed by atoms with E-state index in [4.69, 9.17) is 28.9 Å². The minimum Gasteiger partial charge on any atom is -0.481 e. The van der Waals surface area contributed by atoms with Crippen molar-refractivity contribution in [3.63, 3.8) is 0 Å². The molecular weight excluding hydrogens is 444 g/mol. The summed E-state index contributed by atoms with van der Waals surface area (Å²) in [4.78, 5) is 37.6. The van der Waals surface area contributed by atoms with Gasteiger partial charge in [0, 0.05) is 18.7 Å². The lowest BCUT2D eigenvalue weighted by atomic mass is 10.1. The zero-order valence-electron chi connectivity index (χ0n) is 15.6. The van der Waals surface area contributed by atoms with Gasteiger partial charge in [0.1, 0.15) is 4.32 Å². The van der Waals surface area contributed by atoms with Crippen LogP contribution in [0.3, 0.4) is 0 Å². The van der Waals surface area contributed by atoms with Gasteiger partial charge in [-0.3, -0.25) is 19.3 Å². The molecule has 1 heterocycles. The summed E-state index contributed by atoms with van der Waals surface area (Å²) in [5.74, 6) is -1.49. The van der Waals surface area contributed by atoms with Crippen LogP contribution in [0, 0.1) is 0 Å². The number of amides is 2. The number of thioether (sulfide) groups is 1. The molecule has 3 rings (SSSR count). The van der Waals surface area contributed by atoms with Crippen LogP contribution in [0.4, 0.5) is 5.69 Å². The first kappa shape index (κ1) is 22.0. The predicted octanol–water partition coefficient (Wildman–Crippen LogP) is 4.66. The number of anilines is 1. The Balaban J connectivity index is 1.71. The molecule has 0 atom stereocenters. The molecule has 0 bridgehead atoms. The van der Waals surface area contributed by atoms with Crippen molar-refractivity contribution in [2.75, 3.05) is 11.9 Å². The summed E-state index contributed by atoms with van der Waals surface area (Å²) < 4.78 is 0.403. The fourth-order valence-electron chi connectivity index (χ4n) is 2.78. The highest BCUT2D eigenvalue weighted by atomic mass is 35.5. The number of carboxylic acid groups (broad SMARTS) is 1. The zero-order chi connectivity index (χ0) is 21.7. The van der Waals surface area contributed by atoms with Crippen LogP contribution in [-0.2, 0) is 9.59 Å². The van der Waals surface area contributed by atoms with E-state index in [0.717, 1.165) is 5.56 Å². The number of benzene rings is 2. The summed E-state index contributed by atoms with van der Waals surface area (Å²) in [6.45, 7) is 0.266. The first-order valence-corrected chi connectivity index (χ1v) is 10.6. The van der Waals surface area contributed by atoms with E-state index in [1.54, 1.807) is 48.5 Å². The molecule has 0 aliphatic carbocycles. The van der Waals surface area contributed by atoms with Crippen molar-refractivity contribution in [2.45, 2.75) is 12.8 Å². The van der Waals surface area contributed by atoms with Crippen LogP contribution in [0.2, 0.25) is 5.02 Å². The molecule has 30 heavy (non-hydrogen) atoms. The van der Waals surface area contributed by atoms with E-state index in [0.29, 0.717) is 31.9 Å². The van der Waals surface area contributed by atoms with Gasteiger partial charge >= 0.3 is 5.97 Å². The zero-order valence-corrected chi connectivity index (χ0v) is 18.0. The van der Waals surface area contributed by atoms with E-state index in [1.807, 2.05) is 6.07 Å². The predicted molar refractivity (Wildman–Crippen MR) is 123 cm³/mol. The van der Waals surface area contributed by atoms with Crippen LogP contribution in [0.5, 0.6) is 0 Å². The molecule has 2 amide bonds. The van der Waals surface area contributed by atoms with Gasteiger partial charge in [-0.1, -0.05) is 59.8 Å². The van der Waals surface area contributed by atoms with Crippen LogP contribution >= 0.6 is 35.6 Å². The van der Waals surface area contributed by atoms with E-state index in [1.165, 1.54) is 16.7 Å². The number of aliphatic carboxylic acids is 1. The van der Waals surface area contributed by atoms with Gasteiger partial charge in [-0.2, -0.15) is 0 Å². The first-order chi connectivity index (χ1) is 14.3. The molecule has 154 valence electrons. The molecule has 0 radical (unpaired) electrons. The molecule has 0 saturated carbocycles. The summed E-state index contributed by atoms with van der Waals surface area (Å²) >= 11 is 12.5. The molecular formula is C21H17ClN2O4S2. The van der Waals surface area contributed by atoms with Gasteiger partial charge < -0.3 is 10.4 Å². The summed E-state index contributed by atoms with van der Waals surface area (Å²) in [5.41, 5.74) is 1.65. The summed E-state index contributed by atoms with van der Waals surface area (Å²) in [5, 5.41) is 11.9. The third-order valence-electron chi connectivity index (χ3n) is 4.21. The SMILES string of the molecule is O=C(O)CCCN1C(=O)/C(=C\c2cccc(NC(=O)c3ccccc3Cl)c2)SC1=S. The Hall–Kier alpha value is -2.68. The molecule has 9 heteroatoms. The highest BCUT2D eigenvalue weighted by Crippen LogP contribution is 2.33. The van der Waals surface area contributed by atoms with Crippen LogP contribution in [-0.4, -0.2) is 38.7 Å². The van der Waals surface area contributed by atoms with Crippen LogP contribution < -0.4 is 5.32 Å². The monoisotopic (exact) mass is 460 g/mol. The molecule has 0 aromatic heterocycles. The van der Waals surface area contributed by atoms with Crippen molar-refractivity contribution < 1.29 is 19.5 Å². The molecule has 0 unspecified atom stereocenters. The van der Waals surface area contributed by atoms with Gasteiger partial charge in [-0.25, -0.2) is 0 Å². The second-order valence-corrected chi connectivity index (χ2v) is 8.47. The molecule has 2 aromatic rings. The number of carbonyl (C=O) groups is 3. The van der Waals surface area contributed by atoms with Crippen molar-refractivity contribution in [1.82, 2.24) is 4.90 Å². The average Bonchev–Trinajstić information content (AvgIpc) is 2.95. The smallest absolute Gasteiger partial charge is 0.303 e. The Morgan fingerprint density at radius 3 is 2.70 bits per heavy atom. The number of hydrogen-bond donors (Lipinski definition) is 2. The Morgan fingerprint density at radius 2 is 1.97 bits per heavy atom. The second kappa shape index (κ2) is 9.88. The maximum atomic E-state index is 12.6. The number of thiocarbonyl (C=S) groups is 1. The molecule has 6 nitrogen and oxygen atoms in total. The summed E-state index contributed by atoms with van der Waals surface area (Å²) in [6.07, 6.45) is 2.00.